The molecule has 10 heteroatoms. The maximum Gasteiger partial charge on any atom is 0.405 e. The average molecular weight is 265 g/mol. The van der Waals surface area contributed by atoms with Crippen molar-refractivity contribution in [1.82, 2.24) is 20.3 Å². The van der Waals surface area contributed by atoms with Crippen LogP contribution in [0.2, 0.25) is 0 Å². The second kappa shape index (κ2) is 5.47. The Morgan fingerprint density at radius 2 is 2.11 bits per heavy atom. The van der Waals surface area contributed by atoms with E-state index >= 15 is 0 Å². The lowest BCUT2D eigenvalue weighted by Gasteiger charge is -2.07. The van der Waals surface area contributed by atoms with Gasteiger partial charge in [0.15, 0.2) is 5.82 Å². The normalized spacial score (nSPS) is 11.1. The van der Waals surface area contributed by atoms with E-state index < -0.39 is 25.2 Å². The number of carbonyl (C=O) groups excluding carboxylic acids is 2. The highest BCUT2D eigenvalue weighted by atomic mass is 19.4. The summed E-state index contributed by atoms with van der Waals surface area (Å²) in [4.78, 5) is 21.8. The van der Waals surface area contributed by atoms with Crippen LogP contribution in [-0.2, 0) is 16.1 Å². The summed E-state index contributed by atoms with van der Waals surface area (Å²) in [5, 5.41) is 11.0. The summed E-state index contributed by atoms with van der Waals surface area (Å²) in [5.74, 6) is -1.11. The lowest BCUT2D eigenvalue weighted by molar-refractivity contribution is -0.138. The van der Waals surface area contributed by atoms with Gasteiger partial charge in [-0.05, 0) is 0 Å². The molecule has 7 nitrogen and oxygen atoms in total. The second-order valence-corrected chi connectivity index (χ2v) is 3.37. The highest BCUT2D eigenvalue weighted by molar-refractivity contribution is 5.87. The molecule has 1 aromatic heterocycles. The zero-order valence-corrected chi connectivity index (χ0v) is 9.28. The quantitative estimate of drug-likeness (QED) is 0.796. The van der Waals surface area contributed by atoms with Gasteiger partial charge in [0.25, 0.3) is 0 Å². The van der Waals surface area contributed by atoms with Gasteiger partial charge in [0.1, 0.15) is 13.1 Å². The van der Waals surface area contributed by atoms with Crippen molar-refractivity contribution in [2.75, 3.05) is 11.9 Å². The van der Waals surface area contributed by atoms with Crippen LogP contribution in [-0.4, -0.2) is 39.5 Å². The third kappa shape index (κ3) is 5.27. The molecule has 0 bridgehead atoms. The largest absolute Gasteiger partial charge is 0.405 e. The van der Waals surface area contributed by atoms with E-state index in [1.807, 2.05) is 0 Å². The number of carbonyl (C=O) groups is 2. The summed E-state index contributed by atoms with van der Waals surface area (Å²) < 4.78 is 36.4. The van der Waals surface area contributed by atoms with Gasteiger partial charge in [0.2, 0.25) is 11.8 Å². The molecule has 0 spiro atoms. The number of hydrogen-bond acceptors (Lipinski definition) is 4. The summed E-state index contributed by atoms with van der Waals surface area (Å²) in [6, 6.07) is 0. The molecule has 0 saturated carbocycles. The van der Waals surface area contributed by atoms with E-state index in [-0.39, 0.29) is 11.7 Å². The zero-order valence-electron chi connectivity index (χ0n) is 9.28. The first-order valence-electron chi connectivity index (χ1n) is 4.77. The lowest BCUT2D eigenvalue weighted by atomic mass is 10.5. The maximum absolute atomic E-state index is 11.8. The SMILES string of the molecule is CC(=O)Nc1cn(CC(=O)NCC(F)(F)F)nn1. The van der Waals surface area contributed by atoms with Crippen molar-refractivity contribution in [2.24, 2.45) is 0 Å². The first-order valence-corrected chi connectivity index (χ1v) is 4.77. The molecule has 2 amide bonds. The molecule has 1 heterocycles. The topological polar surface area (TPSA) is 88.9 Å². The van der Waals surface area contributed by atoms with Crippen molar-refractivity contribution in [3.63, 3.8) is 0 Å². The molecule has 0 atom stereocenters. The lowest BCUT2D eigenvalue weighted by Crippen LogP contribution is -2.35. The van der Waals surface area contributed by atoms with Gasteiger partial charge >= 0.3 is 6.18 Å². The maximum atomic E-state index is 11.8. The van der Waals surface area contributed by atoms with Gasteiger partial charge in [-0.1, -0.05) is 5.21 Å². The predicted molar refractivity (Wildman–Crippen MR) is 53.4 cm³/mol. The van der Waals surface area contributed by atoms with Gasteiger partial charge in [0, 0.05) is 6.92 Å². The van der Waals surface area contributed by atoms with Crippen molar-refractivity contribution in [2.45, 2.75) is 19.6 Å². The van der Waals surface area contributed by atoms with Crippen molar-refractivity contribution >= 4 is 17.6 Å². The van der Waals surface area contributed by atoms with Crippen LogP contribution in [0.15, 0.2) is 6.20 Å². The zero-order chi connectivity index (χ0) is 13.8. The molecule has 0 saturated heterocycles. The molecule has 0 aliphatic carbocycles. The van der Waals surface area contributed by atoms with Gasteiger partial charge in [-0.15, -0.1) is 5.10 Å². The first kappa shape index (κ1) is 13.9. The molecule has 100 valence electrons. The van der Waals surface area contributed by atoms with E-state index in [4.69, 9.17) is 0 Å². The minimum Gasteiger partial charge on any atom is -0.345 e. The van der Waals surface area contributed by atoms with Crippen molar-refractivity contribution < 1.29 is 22.8 Å². The van der Waals surface area contributed by atoms with Crippen LogP contribution in [0, 0.1) is 0 Å². The number of halogens is 3. The number of nitrogens with zero attached hydrogens (tertiary/aromatic N) is 3. The molecule has 0 aromatic carbocycles. The van der Waals surface area contributed by atoms with Gasteiger partial charge in [-0.3, -0.25) is 9.59 Å². The Morgan fingerprint density at radius 1 is 1.44 bits per heavy atom. The van der Waals surface area contributed by atoms with Crippen molar-refractivity contribution in [3.05, 3.63) is 6.20 Å². The fourth-order valence-electron chi connectivity index (χ4n) is 1.02. The monoisotopic (exact) mass is 265 g/mol. The van der Waals surface area contributed by atoms with E-state index in [1.54, 1.807) is 5.32 Å². The third-order valence-electron chi connectivity index (χ3n) is 1.63. The van der Waals surface area contributed by atoms with Crippen LogP contribution < -0.4 is 10.6 Å². The molecule has 1 rings (SSSR count). The Hall–Kier alpha value is -2.13. The number of hydrogen-bond donors (Lipinski definition) is 2. The minimum atomic E-state index is -4.46. The summed E-state index contributed by atoms with van der Waals surface area (Å²) >= 11 is 0. The van der Waals surface area contributed by atoms with Crippen molar-refractivity contribution in [3.8, 4) is 0 Å². The van der Waals surface area contributed by atoms with Gasteiger partial charge in [0.05, 0.1) is 6.20 Å². The van der Waals surface area contributed by atoms with Crippen LogP contribution >= 0.6 is 0 Å². The Labute approximate surface area is 99.3 Å². The van der Waals surface area contributed by atoms with Crippen LogP contribution in [0.1, 0.15) is 6.92 Å². The van der Waals surface area contributed by atoms with Gasteiger partial charge in [-0.25, -0.2) is 4.68 Å². The average Bonchev–Trinajstić information content (AvgIpc) is 2.60. The van der Waals surface area contributed by atoms with Crippen LogP contribution in [0.4, 0.5) is 19.0 Å². The highest BCUT2D eigenvalue weighted by Gasteiger charge is 2.27. The third-order valence-corrected chi connectivity index (χ3v) is 1.63. The van der Waals surface area contributed by atoms with E-state index in [0.29, 0.717) is 0 Å². The molecule has 0 aliphatic rings. The summed E-state index contributed by atoms with van der Waals surface area (Å²) in [7, 11) is 0. The molecule has 1 aromatic rings. The predicted octanol–water partition coefficient (Wildman–Crippen LogP) is -0.0850. The second-order valence-electron chi connectivity index (χ2n) is 3.37. The number of amides is 2. The smallest absolute Gasteiger partial charge is 0.345 e. The fraction of sp³-hybridized carbons (Fsp3) is 0.500. The Morgan fingerprint density at radius 3 is 2.67 bits per heavy atom. The summed E-state index contributed by atoms with van der Waals surface area (Å²) in [5.41, 5.74) is 0. The highest BCUT2D eigenvalue weighted by Crippen LogP contribution is 2.12. The molecular weight excluding hydrogens is 255 g/mol. The van der Waals surface area contributed by atoms with Gasteiger partial charge in [-0.2, -0.15) is 13.2 Å². The Balaban J connectivity index is 2.45. The number of nitrogens with one attached hydrogen (secondary N) is 2. The van der Waals surface area contributed by atoms with Crippen molar-refractivity contribution in [1.29, 1.82) is 0 Å². The van der Waals surface area contributed by atoms with Crippen LogP contribution in [0.3, 0.4) is 0 Å². The Bertz CT molecular complexity index is 442. The van der Waals surface area contributed by atoms with E-state index in [1.165, 1.54) is 13.1 Å². The first-order chi connectivity index (χ1) is 8.26. The summed E-state index contributed by atoms with van der Waals surface area (Å²) in [6.07, 6.45) is -3.23. The molecule has 18 heavy (non-hydrogen) atoms. The number of alkyl halides is 3. The molecule has 0 unspecified atom stereocenters. The fourth-order valence-corrected chi connectivity index (χ4v) is 1.02. The standard InChI is InChI=1S/C8H10F3N5O2/c1-5(17)13-6-2-16(15-14-6)3-7(18)12-4-8(9,10)11/h2H,3-4H2,1H3,(H,12,18)(H,13,17). The van der Waals surface area contributed by atoms with Crippen LogP contribution in [0.5, 0.6) is 0 Å². The van der Waals surface area contributed by atoms with E-state index in [9.17, 15) is 22.8 Å². The number of rotatable bonds is 4. The Kier molecular flexibility index (Phi) is 4.23. The molecule has 0 aliphatic heterocycles. The number of aromatic nitrogens is 3. The minimum absolute atomic E-state index is 0.117. The van der Waals surface area contributed by atoms with Gasteiger partial charge < -0.3 is 10.6 Å². The van der Waals surface area contributed by atoms with E-state index in [0.717, 1.165) is 4.68 Å². The number of anilines is 1. The molecular formula is C8H10F3N5O2. The van der Waals surface area contributed by atoms with E-state index in [2.05, 4.69) is 15.6 Å². The molecule has 2 N–H and O–H groups in total. The van der Waals surface area contributed by atoms with Crippen LogP contribution in [0.25, 0.3) is 0 Å². The summed E-state index contributed by atoms with van der Waals surface area (Å²) in [6.45, 7) is -0.559. The molecule has 0 radical (unpaired) electrons. The molecule has 0 fully saturated rings.